The molecule has 0 spiro atoms. The summed E-state index contributed by atoms with van der Waals surface area (Å²) in [4.78, 5) is 0. The summed E-state index contributed by atoms with van der Waals surface area (Å²) in [6.07, 6.45) is 0. The second-order valence-electron chi connectivity index (χ2n) is 9.07. The molecule has 0 saturated heterocycles. The van der Waals surface area contributed by atoms with Crippen LogP contribution in [0.25, 0.3) is 0 Å². The Morgan fingerprint density at radius 3 is 0.840 bits per heavy atom. The van der Waals surface area contributed by atoms with Gasteiger partial charge in [-0.15, -0.1) is 69.6 Å². The van der Waals surface area contributed by atoms with E-state index < -0.39 is 38.7 Å². The van der Waals surface area contributed by atoms with Gasteiger partial charge in [-0.2, -0.15) is 0 Å². The maximum absolute atomic E-state index is 7.03. The van der Waals surface area contributed by atoms with Gasteiger partial charge in [-0.05, 0) is 9.83 Å². The van der Waals surface area contributed by atoms with Crippen molar-refractivity contribution in [2.24, 2.45) is 21.7 Å². The maximum Gasteiger partial charge on any atom is 0.133 e. The summed E-state index contributed by atoms with van der Waals surface area (Å²) in [5, 5.41) is 0. The van der Waals surface area contributed by atoms with Crippen molar-refractivity contribution < 1.29 is 0 Å². The van der Waals surface area contributed by atoms with E-state index in [2.05, 4.69) is 0 Å². The van der Waals surface area contributed by atoms with E-state index in [9.17, 15) is 0 Å². The van der Waals surface area contributed by atoms with Crippen LogP contribution in [-0.4, -0.2) is 17.1 Å². The van der Waals surface area contributed by atoms with Crippen LogP contribution in [0.4, 0.5) is 0 Å². The van der Waals surface area contributed by atoms with Gasteiger partial charge >= 0.3 is 0 Å². The fourth-order valence-corrected chi connectivity index (χ4v) is 15.1. The van der Waals surface area contributed by atoms with Gasteiger partial charge in [-0.25, -0.2) is 0 Å². The monoisotopic (exact) mass is 522 g/mol. The lowest BCUT2D eigenvalue weighted by atomic mass is 9.54. The van der Waals surface area contributed by atoms with Gasteiger partial charge in [0.05, 0.1) is 0 Å². The zero-order valence-corrected chi connectivity index (χ0v) is 22.5. The molecule has 0 atom stereocenters. The second-order valence-corrected chi connectivity index (χ2v) is 17.6. The predicted molar refractivity (Wildman–Crippen MR) is 124 cm³/mol. The molecule has 0 amide bonds. The summed E-state index contributed by atoms with van der Waals surface area (Å²) in [5.74, 6) is 0. The maximum atomic E-state index is 7.03. The molecule has 0 N–H and O–H groups in total. The Morgan fingerprint density at radius 2 is 0.640 bits per heavy atom. The average molecular weight is 525 g/mol. The first-order valence-electron chi connectivity index (χ1n) is 7.88. The highest BCUT2D eigenvalue weighted by atomic mass is 35.5. The zero-order chi connectivity index (χ0) is 20.1. The van der Waals surface area contributed by atoms with E-state index in [0.717, 1.165) is 0 Å². The lowest BCUT2D eigenvalue weighted by Gasteiger charge is -2.72. The normalized spacial score (nSPS) is 33.8. The largest absolute Gasteiger partial charge is 0.133 e. The molecule has 2 aliphatic carbocycles. The van der Waals surface area contributed by atoms with E-state index in [1.165, 1.54) is 0 Å². The molecule has 0 aliphatic heterocycles. The van der Waals surface area contributed by atoms with E-state index in [-0.39, 0.29) is 0 Å². The van der Waals surface area contributed by atoms with Crippen LogP contribution in [0.1, 0.15) is 55.4 Å². The molecule has 0 unspecified atom stereocenters. The molecule has 2 rings (SSSR count). The summed E-state index contributed by atoms with van der Waals surface area (Å²) in [6.45, 7) is 16.0. The first kappa shape index (κ1) is 24.1. The van der Waals surface area contributed by atoms with Crippen molar-refractivity contribution in [3.05, 3.63) is 0 Å². The Morgan fingerprint density at radius 1 is 0.440 bits per heavy atom. The molecule has 0 aromatic heterocycles. The molecule has 2 fully saturated rings. The highest BCUT2D eigenvalue weighted by molar-refractivity contribution is 9.10. The average Bonchev–Trinajstić information content (AvgIpc) is 2.44. The Hall–Kier alpha value is 2.79. The number of hydrogen-bond donors (Lipinski definition) is 0. The van der Waals surface area contributed by atoms with Gasteiger partial charge in [0.2, 0.25) is 0 Å². The van der Waals surface area contributed by atoms with Gasteiger partial charge in [0.25, 0.3) is 0 Å². The van der Waals surface area contributed by atoms with E-state index in [0.29, 0.717) is 0 Å². The molecule has 0 radical (unpaired) electrons. The van der Waals surface area contributed by atoms with Crippen LogP contribution in [0, 0.1) is 21.7 Å². The van der Waals surface area contributed by atoms with E-state index in [4.69, 9.17) is 69.6 Å². The van der Waals surface area contributed by atoms with Crippen LogP contribution in [0.15, 0.2) is 0 Å². The van der Waals surface area contributed by atoms with Crippen molar-refractivity contribution in [1.82, 2.24) is 0 Å². The number of hydrogen-bond acceptors (Lipinski definition) is 3. The molecular weight excluding hydrogens is 501 g/mol. The minimum absolute atomic E-state index is 0.473. The van der Waals surface area contributed by atoms with Crippen LogP contribution < -0.4 is 0 Å². The minimum atomic E-state index is -0.908. The van der Waals surface area contributed by atoms with Crippen molar-refractivity contribution in [2.75, 3.05) is 0 Å². The third-order valence-electron chi connectivity index (χ3n) is 6.65. The number of halogens is 6. The van der Waals surface area contributed by atoms with Crippen molar-refractivity contribution in [2.45, 2.75) is 72.5 Å². The summed E-state index contributed by atoms with van der Waals surface area (Å²) in [5.41, 5.74) is -1.89. The molecule has 2 aliphatic rings. The van der Waals surface area contributed by atoms with Crippen LogP contribution >= 0.6 is 101 Å². The van der Waals surface area contributed by atoms with Gasteiger partial charge in [0.15, 0.2) is 0 Å². The lowest BCUT2D eigenvalue weighted by molar-refractivity contribution is -0.0120. The fraction of sp³-hybridized carbons (Fsp3) is 1.00. The van der Waals surface area contributed by atoms with Gasteiger partial charge in [-0.1, -0.05) is 77.0 Å². The van der Waals surface area contributed by atoms with Gasteiger partial charge in [-0.3, -0.25) is 0 Å². The molecular formula is C16H24Cl6S3. The van der Waals surface area contributed by atoms with Crippen LogP contribution in [0.2, 0.25) is 0 Å². The van der Waals surface area contributed by atoms with Crippen LogP contribution in [-0.2, 0) is 0 Å². The Labute approximate surface area is 193 Å². The first-order chi connectivity index (χ1) is 10.7. The van der Waals surface area contributed by atoms with E-state index in [1.807, 2.05) is 55.4 Å². The number of alkyl halides is 6. The van der Waals surface area contributed by atoms with Crippen molar-refractivity contribution in [3.8, 4) is 0 Å². The molecule has 0 bridgehead atoms. The minimum Gasteiger partial charge on any atom is -0.105 e. The topological polar surface area (TPSA) is 0 Å². The molecule has 0 aromatic carbocycles. The van der Waals surface area contributed by atoms with Crippen molar-refractivity contribution in [3.63, 3.8) is 0 Å². The van der Waals surface area contributed by atoms with Gasteiger partial charge < -0.3 is 0 Å². The van der Waals surface area contributed by atoms with Crippen LogP contribution in [0.3, 0.4) is 0 Å². The smallest absolute Gasteiger partial charge is 0.105 e. The first-order valence-corrected chi connectivity index (χ1v) is 13.6. The molecule has 25 heavy (non-hydrogen) atoms. The Kier molecular flexibility index (Phi) is 5.93. The highest BCUT2D eigenvalue weighted by Gasteiger charge is 2.82. The fourth-order valence-electron chi connectivity index (χ4n) is 4.34. The highest BCUT2D eigenvalue weighted by Crippen LogP contribution is 2.84. The Bertz CT molecular complexity index is 496. The van der Waals surface area contributed by atoms with Crippen molar-refractivity contribution >= 4 is 101 Å². The summed E-state index contributed by atoms with van der Waals surface area (Å²) < 4.78 is -3.08. The zero-order valence-electron chi connectivity index (χ0n) is 15.5. The second kappa shape index (κ2) is 6.16. The molecule has 9 heteroatoms. The number of rotatable bonds is 4. The summed E-state index contributed by atoms with van der Waals surface area (Å²) in [7, 11) is 4.69. The molecule has 0 heterocycles. The molecule has 0 aromatic rings. The standard InChI is InChI=1S/C16H24Cl6S3/c1-9(2)13(17,18)10(3,4)15(9,21)23-25-24-16(22)11(5,6)14(19,20)12(16,7)8/h1-8H3. The van der Waals surface area contributed by atoms with E-state index >= 15 is 0 Å². The predicted octanol–water partition coefficient (Wildman–Crippen LogP) is 9.37. The quantitative estimate of drug-likeness (QED) is 0.265. The third kappa shape index (κ3) is 2.40. The molecule has 148 valence electrons. The third-order valence-corrected chi connectivity index (χ3v) is 19.1. The molecule has 2 saturated carbocycles. The summed E-state index contributed by atoms with van der Waals surface area (Å²) in [6, 6.07) is 0. The van der Waals surface area contributed by atoms with E-state index in [1.54, 1.807) is 31.4 Å². The van der Waals surface area contributed by atoms with Crippen molar-refractivity contribution in [1.29, 1.82) is 0 Å². The summed E-state index contributed by atoms with van der Waals surface area (Å²) >= 11 is 40.4. The molecule has 0 nitrogen and oxygen atoms in total. The SMILES string of the molecule is CC1(C)C(Cl)(Cl)C(C)(C)C1(Cl)SSSC1(Cl)C(C)(C)C(Cl)(Cl)C1(C)C. The van der Waals surface area contributed by atoms with Gasteiger partial charge in [0.1, 0.15) is 17.1 Å². The Balaban J connectivity index is 2.17. The lowest BCUT2D eigenvalue weighted by Crippen LogP contribution is -2.75. The van der Waals surface area contributed by atoms with Gasteiger partial charge in [0, 0.05) is 21.7 Å². The van der Waals surface area contributed by atoms with Crippen LogP contribution in [0.5, 0.6) is 0 Å².